The van der Waals surface area contributed by atoms with Crippen molar-refractivity contribution in [2.75, 3.05) is 0 Å². The Morgan fingerprint density at radius 2 is 1.67 bits per heavy atom. The van der Waals surface area contributed by atoms with Crippen molar-refractivity contribution >= 4 is 15.9 Å². The van der Waals surface area contributed by atoms with E-state index < -0.39 is 0 Å². The zero-order valence-corrected chi connectivity index (χ0v) is 14.5. The van der Waals surface area contributed by atoms with Gasteiger partial charge in [0.2, 0.25) is 0 Å². The van der Waals surface area contributed by atoms with E-state index in [1.807, 2.05) is 0 Å². The SMILES string of the molecule is Cc1ccc(CC(Br)c2ccc3c(c2)CCCC3)cc1C. The molecule has 110 valence electrons. The molecule has 0 heterocycles. The Morgan fingerprint density at radius 1 is 0.905 bits per heavy atom. The molecule has 0 spiro atoms. The summed E-state index contributed by atoms with van der Waals surface area (Å²) in [6.45, 7) is 4.37. The van der Waals surface area contributed by atoms with E-state index in [9.17, 15) is 0 Å². The first kappa shape index (κ1) is 14.8. The second kappa shape index (κ2) is 6.36. The molecule has 0 nitrogen and oxygen atoms in total. The Morgan fingerprint density at radius 3 is 2.43 bits per heavy atom. The zero-order valence-electron chi connectivity index (χ0n) is 13.0. The van der Waals surface area contributed by atoms with Crippen LogP contribution in [-0.4, -0.2) is 0 Å². The number of benzene rings is 2. The first-order valence-corrected chi connectivity index (χ1v) is 8.87. The van der Waals surface area contributed by atoms with Crippen LogP contribution in [-0.2, 0) is 19.3 Å². The highest BCUT2D eigenvalue weighted by atomic mass is 79.9. The Balaban J connectivity index is 1.78. The van der Waals surface area contributed by atoms with Gasteiger partial charge in [-0.2, -0.15) is 0 Å². The molecule has 1 aliphatic rings. The monoisotopic (exact) mass is 342 g/mol. The average molecular weight is 343 g/mol. The van der Waals surface area contributed by atoms with Crippen molar-refractivity contribution in [1.29, 1.82) is 0 Å². The van der Waals surface area contributed by atoms with E-state index in [1.54, 1.807) is 11.1 Å². The molecule has 0 aliphatic heterocycles. The van der Waals surface area contributed by atoms with Crippen LogP contribution in [0.25, 0.3) is 0 Å². The maximum Gasteiger partial charge on any atom is 0.0435 e. The maximum absolute atomic E-state index is 3.89. The van der Waals surface area contributed by atoms with Crippen LogP contribution < -0.4 is 0 Å². The minimum absolute atomic E-state index is 0.409. The van der Waals surface area contributed by atoms with Crippen molar-refractivity contribution in [1.82, 2.24) is 0 Å². The van der Waals surface area contributed by atoms with Gasteiger partial charge in [0.15, 0.2) is 0 Å². The molecule has 0 saturated carbocycles. The fourth-order valence-corrected chi connectivity index (χ4v) is 3.86. The molecule has 2 aromatic rings. The number of hydrogen-bond donors (Lipinski definition) is 0. The van der Waals surface area contributed by atoms with Crippen molar-refractivity contribution in [2.45, 2.75) is 50.8 Å². The Labute approximate surface area is 136 Å². The molecular weight excluding hydrogens is 320 g/mol. The van der Waals surface area contributed by atoms with E-state index in [2.05, 4.69) is 66.2 Å². The number of rotatable bonds is 3. The molecule has 0 fully saturated rings. The molecule has 0 saturated heterocycles. The Kier molecular flexibility index (Phi) is 4.49. The van der Waals surface area contributed by atoms with E-state index >= 15 is 0 Å². The molecule has 2 aromatic carbocycles. The van der Waals surface area contributed by atoms with Gasteiger partial charge in [-0.25, -0.2) is 0 Å². The second-order valence-electron chi connectivity index (χ2n) is 6.33. The average Bonchev–Trinajstić information content (AvgIpc) is 2.50. The quantitative estimate of drug-likeness (QED) is 0.612. The number of alkyl halides is 1. The van der Waals surface area contributed by atoms with Gasteiger partial charge in [0.25, 0.3) is 0 Å². The molecule has 1 unspecified atom stereocenters. The standard InChI is InChI=1S/C20H23Br/c1-14-7-8-16(11-15(14)2)12-20(21)19-10-9-17-5-3-4-6-18(17)13-19/h7-11,13,20H,3-6,12H2,1-2H3. The van der Waals surface area contributed by atoms with Crippen LogP contribution in [0, 0.1) is 13.8 Å². The summed E-state index contributed by atoms with van der Waals surface area (Å²) in [5.41, 5.74) is 8.74. The van der Waals surface area contributed by atoms with Crippen LogP contribution >= 0.6 is 15.9 Å². The highest BCUT2D eigenvalue weighted by molar-refractivity contribution is 9.09. The fourth-order valence-electron chi connectivity index (χ4n) is 3.20. The molecular formula is C20H23Br. The van der Waals surface area contributed by atoms with Crippen molar-refractivity contribution in [2.24, 2.45) is 0 Å². The van der Waals surface area contributed by atoms with Gasteiger partial charge in [-0.15, -0.1) is 0 Å². The normalized spacial score (nSPS) is 15.6. The first-order valence-electron chi connectivity index (χ1n) is 7.95. The Hall–Kier alpha value is -1.08. The highest BCUT2D eigenvalue weighted by Crippen LogP contribution is 2.31. The van der Waals surface area contributed by atoms with E-state index in [1.165, 1.54) is 47.9 Å². The van der Waals surface area contributed by atoms with Gasteiger partial charge in [0.1, 0.15) is 0 Å². The van der Waals surface area contributed by atoms with Crippen LogP contribution in [0.5, 0.6) is 0 Å². The number of aryl methyl sites for hydroxylation is 4. The molecule has 1 heteroatoms. The van der Waals surface area contributed by atoms with Crippen molar-refractivity contribution in [3.63, 3.8) is 0 Å². The van der Waals surface area contributed by atoms with Gasteiger partial charge in [-0.3, -0.25) is 0 Å². The summed E-state index contributed by atoms with van der Waals surface area (Å²) >= 11 is 3.89. The summed E-state index contributed by atoms with van der Waals surface area (Å²) in [7, 11) is 0. The third-order valence-electron chi connectivity index (χ3n) is 4.72. The third-order valence-corrected chi connectivity index (χ3v) is 5.57. The zero-order chi connectivity index (χ0) is 14.8. The van der Waals surface area contributed by atoms with Crippen molar-refractivity contribution in [3.8, 4) is 0 Å². The van der Waals surface area contributed by atoms with Gasteiger partial charge in [-0.1, -0.05) is 52.3 Å². The minimum atomic E-state index is 0.409. The molecule has 1 aliphatic carbocycles. The van der Waals surface area contributed by atoms with E-state index in [-0.39, 0.29) is 0 Å². The fraction of sp³-hybridized carbons (Fsp3) is 0.400. The molecule has 0 aromatic heterocycles. The topological polar surface area (TPSA) is 0 Å². The van der Waals surface area contributed by atoms with Crippen LogP contribution in [0.4, 0.5) is 0 Å². The lowest BCUT2D eigenvalue weighted by molar-refractivity contribution is 0.684. The lowest BCUT2D eigenvalue weighted by Gasteiger charge is -2.19. The maximum atomic E-state index is 3.89. The summed E-state index contributed by atoms with van der Waals surface area (Å²) in [6, 6.07) is 13.9. The number of hydrogen-bond acceptors (Lipinski definition) is 0. The molecule has 3 rings (SSSR count). The summed E-state index contributed by atoms with van der Waals surface area (Å²) < 4.78 is 0. The van der Waals surface area contributed by atoms with Gasteiger partial charge < -0.3 is 0 Å². The molecule has 21 heavy (non-hydrogen) atoms. The molecule has 0 bridgehead atoms. The third kappa shape index (κ3) is 3.40. The van der Waals surface area contributed by atoms with Gasteiger partial charge in [0, 0.05) is 4.83 Å². The van der Waals surface area contributed by atoms with E-state index in [4.69, 9.17) is 0 Å². The largest absolute Gasteiger partial charge is 0.0835 e. The summed E-state index contributed by atoms with van der Waals surface area (Å²) in [4.78, 5) is 0.409. The summed E-state index contributed by atoms with van der Waals surface area (Å²) in [6.07, 6.45) is 6.28. The summed E-state index contributed by atoms with van der Waals surface area (Å²) in [5, 5.41) is 0. The molecule has 0 amide bonds. The lowest BCUT2D eigenvalue weighted by atomic mass is 9.89. The van der Waals surface area contributed by atoms with Crippen molar-refractivity contribution in [3.05, 3.63) is 69.8 Å². The van der Waals surface area contributed by atoms with Crippen LogP contribution in [0.3, 0.4) is 0 Å². The first-order chi connectivity index (χ1) is 10.1. The second-order valence-corrected chi connectivity index (χ2v) is 7.43. The number of fused-ring (bicyclic) bond motifs is 1. The highest BCUT2D eigenvalue weighted by Gasteiger charge is 2.14. The molecule has 0 N–H and O–H groups in total. The van der Waals surface area contributed by atoms with Gasteiger partial charge in [0.05, 0.1) is 0 Å². The summed E-state index contributed by atoms with van der Waals surface area (Å²) in [5.74, 6) is 0. The van der Waals surface area contributed by atoms with Gasteiger partial charge in [-0.05, 0) is 79.3 Å². The minimum Gasteiger partial charge on any atom is -0.0835 e. The van der Waals surface area contributed by atoms with Crippen molar-refractivity contribution < 1.29 is 0 Å². The number of halogens is 1. The van der Waals surface area contributed by atoms with Crippen LogP contribution in [0.1, 0.15) is 51.0 Å². The lowest BCUT2D eigenvalue weighted by Crippen LogP contribution is -2.04. The van der Waals surface area contributed by atoms with Crippen LogP contribution in [0.2, 0.25) is 0 Å². The van der Waals surface area contributed by atoms with E-state index in [0.717, 1.165) is 6.42 Å². The van der Waals surface area contributed by atoms with E-state index in [0.29, 0.717) is 4.83 Å². The predicted molar refractivity (Wildman–Crippen MR) is 94.4 cm³/mol. The predicted octanol–water partition coefficient (Wildman–Crippen LogP) is 5.86. The van der Waals surface area contributed by atoms with Crippen LogP contribution in [0.15, 0.2) is 36.4 Å². The molecule has 1 atom stereocenters. The Bertz CT molecular complexity index is 642. The molecule has 0 radical (unpaired) electrons. The van der Waals surface area contributed by atoms with Gasteiger partial charge >= 0.3 is 0 Å². The smallest absolute Gasteiger partial charge is 0.0435 e.